The Kier molecular flexibility index (Phi) is 8.39. The van der Waals surface area contributed by atoms with E-state index in [4.69, 9.17) is 15.5 Å². The number of hydrogen-bond acceptors (Lipinski definition) is 8. The molecule has 0 spiro atoms. The molecule has 0 bridgehead atoms. The molecule has 1 saturated heterocycles. The van der Waals surface area contributed by atoms with Gasteiger partial charge in [0.15, 0.2) is 5.03 Å². The molecular weight excluding hydrogens is 521 g/mol. The number of aromatic nitrogens is 2. The molecule has 2 aromatic heterocycles. The summed E-state index contributed by atoms with van der Waals surface area (Å²) in [6.45, 7) is 8.53. The predicted octanol–water partition coefficient (Wildman–Crippen LogP) is 5.28. The number of rotatable bonds is 9. The lowest BCUT2D eigenvalue weighted by Gasteiger charge is -2.31. The maximum Gasteiger partial charge on any atom is 0.281 e. The number of nitrogen functional groups attached to an aromatic ring is 1. The van der Waals surface area contributed by atoms with Crippen LogP contribution in [0.1, 0.15) is 60.2 Å². The third kappa shape index (κ3) is 6.47. The van der Waals surface area contributed by atoms with E-state index >= 15 is 0 Å². The van der Waals surface area contributed by atoms with Crippen molar-refractivity contribution in [2.45, 2.75) is 64.1 Å². The van der Waals surface area contributed by atoms with Gasteiger partial charge in [0, 0.05) is 26.6 Å². The minimum atomic E-state index is -4.29. The quantitative estimate of drug-likeness (QED) is 0.363. The first kappa shape index (κ1) is 28.3. The van der Waals surface area contributed by atoms with E-state index in [0.29, 0.717) is 29.4 Å². The maximum absolute atomic E-state index is 14.5. The van der Waals surface area contributed by atoms with Crippen molar-refractivity contribution in [1.29, 1.82) is 0 Å². The molecule has 11 heteroatoms. The summed E-state index contributed by atoms with van der Waals surface area (Å²) < 4.78 is 48.2. The van der Waals surface area contributed by atoms with Crippen molar-refractivity contribution in [3.05, 3.63) is 59.9 Å². The lowest BCUT2D eigenvalue weighted by Crippen LogP contribution is -2.38. The highest BCUT2D eigenvalue weighted by Gasteiger charge is 2.34. The number of halogens is 1. The largest absolute Gasteiger partial charge is 0.493 e. The van der Waals surface area contributed by atoms with Crippen molar-refractivity contribution < 1.29 is 25.2 Å². The molecule has 39 heavy (non-hydrogen) atoms. The molecule has 1 amide bonds. The van der Waals surface area contributed by atoms with Gasteiger partial charge >= 0.3 is 0 Å². The van der Waals surface area contributed by atoms with E-state index in [1.165, 1.54) is 36.4 Å². The number of pyridine rings is 2. The van der Waals surface area contributed by atoms with Gasteiger partial charge in [-0.1, -0.05) is 26.8 Å². The highest BCUT2D eigenvalue weighted by molar-refractivity contribution is 7.90. The molecule has 1 fully saturated rings. The number of hydrogen-bond donors (Lipinski definition) is 2. The zero-order chi connectivity index (χ0) is 28.3. The molecule has 1 aliphatic heterocycles. The fraction of sp³-hybridized carbons (Fsp3) is 0.393. The van der Waals surface area contributed by atoms with Crippen LogP contribution in [-0.4, -0.2) is 43.0 Å². The third-order valence-electron chi connectivity index (χ3n) is 6.62. The Labute approximate surface area is 231 Å². The van der Waals surface area contributed by atoms with Gasteiger partial charge < -0.3 is 15.4 Å². The zero-order valence-electron chi connectivity index (χ0n) is 22.5. The van der Waals surface area contributed by atoms with Crippen LogP contribution < -0.4 is 20.1 Å². The summed E-state index contributed by atoms with van der Waals surface area (Å²) in [5, 5.41) is -0.364. The lowest BCUT2D eigenvalue weighted by molar-refractivity contribution is 0.0981. The Balaban J connectivity index is 0.00000294. The number of sulfonamides is 1. The van der Waals surface area contributed by atoms with Gasteiger partial charge in [0.05, 0.1) is 17.9 Å². The van der Waals surface area contributed by atoms with Gasteiger partial charge in [0.2, 0.25) is 0 Å². The van der Waals surface area contributed by atoms with Crippen molar-refractivity contribution >= 4 is 27.6 Å². The van der Waals surface area contributed by atoms with E-state index in [1.807, 2.05) is 20.8 Å². The number of ether oxygens (including phenoxy) is 1. The summed E-state index contributed by atoms with van der Waals surface area (Å²) in [4.78, 5) is 24.1. The molecule has 0 saturated carbocycles. The van der Waals surface area contributed by atoms with Crippen LogP contribution in [0.5, 0.6) is 5.75 Å². The highest BCUT2D eigenvalue weighted by Crippen LogP contribution is 2.35. The number of anilines is 2. The first-order chi connectivity index (χ1) is 18.5. The summed E-state index contributed by atoms with van der Waals surface area (Å²) >= 11 is 0. The fourth-order valence-electron chi connectivity index (χ4n) is 4.70. The average Bonchev–Trinajstić information content (AvgIpc) is 3.26. The van der Waals surface area contributed by atoms with Gasteiger partial charge in [-0.05, 0) is 68.5 Å². The average molecular weight is 560 g/mol. The number of nitrogens with zero attached hydrogens (tertiary/aromatic N) is 3. The summed E-state index contributed by atoms with van der Waals surface area (Å²) in [7, 11) is -4.29. The molecule has 3 aromatic rings. The fourth-order valence-corrected chi connectivity index (χ4v) is 5.65. The Morgan fingerprint density at radius 2 is 1.97 bits per heavy atom. The van der Waals surface area contributed by atoms with Crippen LogP contribution in [0, 0.1) is 11.7 Å². The van der Waals surface area contributed by atoms with Crippen LogP contribution in [0.2, 0.25) is 0 Å². The molecule has 0 aliphatic carbocycles. The molecule has 1 aromatic carbocycles. The molecular formula is C28H38FN5O4S. The zero-order valence-corrected chi connectivity index (χ0v) is 23.3. The second kappa shape index (κ2) is 11.6. The lowest BCUT2D eigenvalue weighted by atomic mass is 10.1. The summed E-state index contributed by atoms with van der Waals surface area (Å²) in [5.41, 5.74) is 6.64. The standard InChI is InChI=1S/C28H34FN5O4S.2H2/c1-5-21-10-9-18(4)34(21)27-23(28(35)33-39(36,37)26-8-6-7-25(30)32-26)11-12-24(31-27)19-13-20(29)15-22(14-19)38-16-17(2)3;;/h6-8,11-15,17-18,21H,5,9-10,16H2,1-4H3,(H2,30,32)(H,33,35);2*1H. The normalized spacial score (nSPS) is 17.4. The Hall–Kier alpha value is -3.73. The number of carbonyl (C=O) groups excluding carboxylic acids is 1. The Morgan fingerprint density at radius 1 is 1.21 bits per heavy atom. The van der Waals surface area contributed by atoms with Crippen molar-refractivity contribution in [2.24, 2.45) is 5.92 Å². The van der Waals surface area contributed by atoms with Gasteiger partial charge in [-0.25, -0.2) is 19.1 Å². The van der Waals surface area contributed by atoms with Gasteiger partial charge in [0.1, 0.15) is 23.2 Å². The first-order valence-electron chi connectivity index (χ1n) is 13.0. The molecule has 2 atom stereocenters. The SMILES string of the molecule is CCC1CCC(C)N1c1nc(-c2cc(F)cc(OCC(C)C)c2)ccc1C(=O)NS(=O)(=O)c1cccc(N)n1.[HH].[HH]. The summed E-state index contributed by atoms with van der Waals surface area (Å²) in [6, 6.07) is 11.8. The topological polar surface area (TPSA) is 128 Å². The second-order valence-electron chi connectivity index (χ2n) is 10.2. The number of carbonyl (C=O) groups is 1. The maximum atomic E-state index is 14.5. The van der Waals surface area contributed by atoms with Crippen LogP contribution in [0.3, 0.4) is 0 Å². The van der Waals surface area contributed by atoms with Crippen LogP contribution >= 0.6 is 0 Å². The molecule has 9 nitrogen and oxygen atoms in total. The molecule has 4 rings (SSSR count). The van der Waals surface area contributed by atoms with E-state index in [1.54, 1.807) is 12.1 Å². The van der Waals surface area contributed by atoms with Crippen molar-refractivity contribution in [3.63, 3.8) is 0 Å². The van der Waals surface area contributed by atoms with Crippen molar-refractivity contribution in [3.8, 4) is 17.0 Å². The molecule has 212 valence electrons. The van der Waals surface area contributed by atoms with Gasteiger partial charge in [-0.3, -0.25) is 4.79 Å². The Morgan fingerprint density at radius 3 is 2.67 bits per heavy atom. The van der Waals surface area contributed by atoms with Crippen LogP contribution in [0.15, 0.2) is 53.6 Å². The predicted molar refractivity (Wildman–Crippen MR) is 153 cm³/mol. The van der Waals surface area contributed by atoms with Crippen molar-refractivity contribution in [1.82, 2.24) is 14.7 Å². The van der Waals surface area contributed by atoms with Crippen molar-refractivity contribution in [2.75, 3.05) is 17.2 Å². The molecule has 3 N–H and O–H groups in total. The van der Waals surface area contributed by atoms with E-state index in [2.05, 4.69) is 21.5 Å². The number of nitrogens with two attached hydrogens (primary N) is 1. The molecule has 0 radical (unpaired) electrons. The van der Waals surface area contributed by atoms with E-state index < -0.39 is 21.7 Å². The Bertz CT molecular complexity index is 1480. The first-order valence-corrected chi connectivity index (χ1v) is 14.5. The van der Waals surface area contributed by atoms with E-state index in [0.717, 1.165) is 19.3 Å². The molecule has 1 aliphatic rings. The highest BCUT2D eigenvalue weighted by atomic mass is 32.2. The van der Waals surface area contributed by atoms with Gasteiger partial charge in [-0.15, -0.1) is 0 Å². The van der Waals surface area contributed by atoms with Crippen LogP contribution in [-0.2, 0) is 10.0 Å². The monoisotopic (exact) mass is 559 g/mol. The van der Waals surface area contributed by atoms with Gasteiger partial charge in [-0.2, -0.15) is 8.42 Å². The van der Waals surface area contributed by atoms with E-state index in [-0.39, 0.29) is 37.3 Å². The molecule has 2 unspecified atom stereocenters. The smallest absolute Gasteiger partial charge is 0.281 e. The van der Waals surface area contributed by atoms with Crippen LogP contribution in [0.25, 0.3) is 11.3 Å². The minimum absolute atomic E-state index is 0. The third-order valence-corrected chi connectivity index (χ3v) is 7.85. The number of benzene rings is 1. The van der Waals surface area contributed by atoms with Crippen LogP contribution in [0.4, 0.5) is 16.0 Å². The summed E-state index contributed by atoms with van der Waals surface area (Å²) in [6.07, 6.45) is 2.61. The van der Waals surface area contributed by atoms with Gasteiger partial charge in [0.25, 0.3) is 15.9 Å². The van der Waals surface area contributed by atoms with E-state index in [9.17, 15) is 17.6 Å². The number of amides is 1. The molecule has 3 heterocycles. The minimum Gasteiger partial charge on any atom is -0.493 e. The number of nitrogens with one attached hydrogen (secondary N) is 1. The summed E-state index contributed by atoms with van der Waals surface area (Å²) in [5.74, 6) is -0.321. The second-order valence-corrected chi connectivity index (χ2v) is 11.8.